The lowest BCUT2D eigenvalue weighted by molar-refractivity contribution is -0.386. The molecule has 1 aliphatic rings. The molecule has 0 aromatic heterocycles. The highest BCUT2D eigenvalue weighted by Crippen LogP contribution is 2.41. The molecule has 0 saturated carbocycles. The van der Waals surface area contributed by atoms with Crippen LogP contribution in [0, 0.1) is 10.1 Å². The summed E-state index contributed by atoms with van der Waals surface area (Å²) in [4.78, 5) is 34.5. The number of nitrogens with zero attached hydrogens (tertiary/aromatic N) is 1. The predicted octanol–water partition coefficient (Wildman–Crippen LogP) is 3.65. The van der Waals surface area contributed by atoms with Gasteiger partial charge in [-0.05, 0) is 24.1 Å². The van der Waals surface area contributed by atoms with Gasteiger partial charge in [0, 0.05) is 17.2 Å². The molecule has 7 nitrogen and oxygen atoms in total. The summed E-state index contributed by atoms with van der Waals surface area (Å²) in [5, 5.41) is 11.4. The molecule has 0 saturated heterocycles. The van der Waals surface area contributed by atoms with Crippen molar-refractivity contribution in [3.05, 3.63) is 63.2 Å². The Hall–Kier alpha value is -3.22. The van der Waals surface area contributed by atoms with E-state index in [9.17, 15) is 19.7 Å². The van der Waals surface area contributed by atoms with E-state index in [1.54, 1.807) is 24.3 Å². The third-order valence-electron chi connectivity index (χ3n) is 3.95. The van der Waals surface area contributed by atoms with Crippen molar-refractivity contribution < 1.29 is 24.0 Å². The average molecular weight is 327 g/mol. The highest BCUT2D eigenvalue weighted by atomic mass is 16.7. The molecule has 0 spiro atoms. The van der Waals surface area contributed by atoms with E-state index in [0.29, 0.717) is 16.7 Å². The van der Waals surface area contributed by atoms with Crippen LogP contribution in [0.2, 0.25) is 0 Å². The fraction of sp³-hybridized carbons (Fsp3) is 0.176. The van der Waals surface area contributed by atoms with Gasteiger partial charge >= 0.3 is 6.16 Å². The number of ketones is 1. The van der Waals surface area contributed by atoms with Crippen LogP contribution in [0.4, 0.5) is 10.5 Å². The van der Waals surface area contributed by atoms with Crippen LogP contribution >= 0.6 is 0 Å². The maximum atomic E-state index is 12.4. The van der Waals surface area contributed by atoms with Crippen molar-refractivity contribution in [3.8, 4) is 11.1 Å². The molecule has 3 rings (SSSR count). The van der Waals surface area contributed by atoms with E-state index in [1.165, 1.54) is 19.1 Å². The predicted molar refractivity (Wildman–Crippen MR) is 83.9 cm³/mol. The number of hydrogen-bond acceptors (Lipinski definition) is 6. The van der Waals surface area contributed by atoms with Crippen molar-refractivity contribution in [2.24, 2.45) is 0 Å². The largest absolute Gasteiger partial charge is 0.508 e. The molecular weight excluding hydrogens is 314 g/mol. The Balaban J connectivity index is 2.16. The fourth-order valence-corrected chi connectivity index (χ4v) is 2.82. The molecule has 1 unspecified atom stereocenters. The summed E-state index contributed by atoms with van der Waals surface area (Å²) in [6.45, 7) is 1.51. The van der Waals surface area contributed by atoms with Crippen LogP contribution in [0.15, 0.2) is 36.4 Å². The molecular formula is C17H13NO6. The van der Waals surface area contributed by atoms with Gasteiger partial charge in [0.1, 0.15) is 6.10 Å². The number of methoxy groups -OCH3 is 1. The van der Waals surface area contributed by atoms with E-state index in [-0.39, 0.29) is 22.6 Å². The van der Waals surface area contributed by atoms with Crippen molar-refractivity contribution in [3.63, 3.8) is 0 Å². The Labute approximate surface area is 137 Å². The van der Waals surface area contributed by atoms with Crippen LogP contribution in [0.25, 0.3) is 11.1 Å². The maximum absolute atomic E-state index is 12.4. The van der Waals surface area contributed by atoms with Gasteiger partial charge in [0.25, 0.3) is 5.69 Å². The zero-order chi connectivity index (χ0) is 17.4. The van der Waals surface area contributed by atoms with Crippen molar-refractivity contribution in [1.82, 2.24) is 0 Å². The summed E-state index contributed by atoms with van der Waals surface area (Å²) in [5.74, 6) is -0.253. The molecule has 1 aliphatic carbocycles. The van der Waals surface area contributed by atoms with Crippen LogP contribution in [0.3, 0.4) is 0 Å². The Kier molecular flexibility index (Phi) is 3.76. The minimum absolute atomic E-state index is 0.202. The second kappa shape index (κ2) is 5.77. The number of ether oxygens (including phenoxy) is 2. The quantitative estimate of drug-likeness (QED) is 0.414. The summed E-state index contributed by atoms with van der Waals surface area (Å²) in [5.41, 5.74) is 2.01. The van der Waals surface area contributed by atoms with E-state index in [0.717, 1.165) is 7.11 Å². The van der Waals surface area contributed by atoms with Crippen LogP contribution < -0.4 is 0 Å². The van der Waals surface area contributed by atoms with Crippen LogP contribution in [-0.2, 0) is 9.47 Å². The van der Waals surface area contributed by atoms with Crippen molar-refractivity contribution in [2.75, 3.05) is 7.11 Å². The van der Waals surface area contributed by atoms with E-state index in [1.807, 2.05) is 0 Å². The fourth-order valence-electron chi connectivity index (χ4n) is 2.82. The standard InChI is InChI=1S/C17H13NO6/c1-9(24-17(20)23-2)12-7-13-10-5-3-4-6-11(10)16(19)14(13)8-15(12)18(21)22/h3-9H,1-2H3. The number of rotatable bonds is 3. The molecule has 7 heteroatoms. The topological polar surface area (TPSA) is 95.7 Å². The molecule has 0 fully saturated rings. The van der Waals surface area contributed by atoms with E-state index in [2.05, 4.69) is 4.74 Å². The smallest absolute Gasteiger partial charge is 0.438 e. The lowest BCUT2D eigenvalue weighted by Gasteiger charge is -2.14. The molecule has 0 radical (unpaired) electrons. The lowest BCUT2D eigenvalue weighted by atomic mass is 9.98. The second-order valence-corrected chi connectivity index (χ2v) is 5.30. The normalized spacial score (nSPS) is 13.0. The number of nitro groups is 1. The molecule has 122 valence electrons. The molecule has 1 atom stereocenters. The molecule has 0 N–H and O–H groups in total. The molecule has 0 amide bonds. The van der Waals surface area contributed by atoms with Gasteiger partial charge in [-0.3, -0.25) is 14.9 Å². The first kappa shape index (κ1) is 15.7. The SMILES string of the molecule is COC(=O)OC(C)c1cc2c(cc1[N+](=O)[O-])C(=O)c1ccccc1-2. The zero-order valence-corrected chi connectivity index (χ0v) is 12.9. The Morgan fingerprint density at radius 1 is 1.12 bits per heavy atom. The monoisotopic (exact) mass is 327 g/mol. The first-order valence-corrected chi connectivity index (χ1v) is 7.15. The minimum atomic E-state index is -0.936. The lowest BCUT2D eigenvalue weighted by Crippen LogP contribution is -2.11. The Bertz CT molecular complexity index is 873. The number of hydrogen-bond donors (Lipinski definition) is 0. The van der Waals surface area contributed by atoms with Crippen LogP contribution in [-0.4, -0.2) is 24.0 Å². The van der Waals surface area contributed by atoms with Crippen LogP contribution in [0.5, 0.6) is 0 Å². The van der Waals surface area contributed by atoms with Gasteiger partial charge in [-0.25, -0.2) is 4.79 Å². The number of carbonyl (C=O) groups excluding carboxylic acids is 2. The maximum Gasteiger partial charge on any atom is 0.508 e. The average Bonchev–Trinajstić information content (AvgIpc) is 2.86. The van der Waals surface area contributed by atoms with Gasteiger partial charge in [-0.15, -0.1) is 0 Å². The first-order valence-electron chi connectivity index (χ1n) is 7.15. The third kappa shape index (κ3) is 2.40. The highest BCUT2D eigenvalue weighted by molar-refractivity contribution is 6.22. The van der Waals surface area contributed by atoms with Crippen molar-refractivity contribution in [1.29, 1.82) is 0 Å². The molecule has 24 heavy (non-hydrogen) atoms. The van der Waals surface area contributed by atoms with E-state index >= 15 is 0 Å². The first-order chi connectivity index (χ1) is 11.4. The highest BCUT2D eigenvalue weighted by Gasteiger charge is 2.32. The number of benzene rings is 2. The summed E-state index contributed by atoms with van der Waals surface area (Å²) in [6, 6.07) is 9.75. The molecule has 0 aliphatic heterocycles. The summed E-state index contributed by atoms with van der Waals surface area (Å²) in [6.07, 6.45) is -1.83. The van der Waals surface area contributed by atoms with Gasteiger partial charge < -0.3 is 9.47 Å². The van der Waals surface area contributed by atoms with Gasteiger partial charge in [0.2, 0.25) is 0 Å². The number of carbonyl (C=O) groups is 2. The zero-order valence-electron chi connectivity index (χ0n) is 12.9. The Morgan fingerprint density at radius 2 is 1.79 bits per heavy atom. The summed E-state index contributed by atoms with van der Waals surface area (Å²) in [7, 11) is 1.15. The van der Waals surface area contributed by atoms with Gasteiger partial charge in [-0.2, -0.15) is 0 Å². The van der Waals surface area contributed by atoms with Gasteiger partial charge in [0.05, 0.1) is 17.6 Å². The summed E-state index contributed by atoms with van der Waals surface area (Å²) < 4.78 is 9.42. The van der Waals surface area contributed by atoms with Gasteiger partial charge in [0.15, 0.2) is 5.78 Å². The van der Waals surface area contributed by atoms with E-state index < -0.39 is 17.2 Å². The second-order valence-electron chi connectivity index (χ2n) is 5.30. The molecule has 0 heterocycles. The molecule has 2 aromatic carbocycles. The molecule has 2 aromatic rings. The minimum Gasteiger partial charge on any atom is -0.438 e. The molecule has 0 bridgehead atoms. The van der Waals surface area contributed by atoms with Crippen LogP contribution in [0.1, 0.15) is 34.5 Å². The number of nitro benzene ring substituents is 1. The van der Waals surface area contributed by atoms with Crippen molar-refractivity contribution in [2.45, 2.75) is 13.0 Å². The summed E-state index contributed by atoms with van der Waals surface area (Å²) >= 11 is 0. The van der Waals surface area contributed by atoms with E-state index in [4.69, 9.17) is 4.74 Å². The van der Waals surface area contributed by atoms with Crippen molar-refractivity contribution >= 4 is 17.6 Å². The van der Waals surface area contributed by atoms with Gasteiger partial charge in [-0.1, -0.05) is 24.3 Å². The number of fused-ring (bicyclic) bond motifs is 3. The Morgan fingerprint density at radius 3 is 2.42 bits per heavy atom. The third-order valence-corrected chi connectivity index (χ3v) is 3.95.